The quantitative estimate of drug-likeness (QED) is 0.288. The number of pyridine rings is 1. The number of fused-ring (bicyclic) bond motifs is 2. The van der Waals surface area contributed by atoms with Crippen LogP contribution >= 0.6 is 0 Å². The van der Waals surface area contributed by atoms with Gasteiger partial charge >= 0.3 is 0 Å². The molecule has 4 heterocycles. The second kappa shape index (κ2) is 9.26. The molecule has 192 valence electrons. The van der Waals surface area contributed by atoms with Gasteiger partial charge in [0.15, 0.2) is 0 Å². The zero-order chi connectivity index (χ0) is 26.6. The van der Waals surface area contributed by atoms with Crippen molar-refractivity contribution < 1.29 is 5.11 Å². The van der Waals surface area contributed by atoms with Crippen LogP contribution in [0.2, 0.25) is 0 Å². The van der Waals surface area contributed by atoms with Crippen LogP contribution in [0.3, 0.4) is 0 Å². The molecule has 6 aromatic rings. The van der Waals surface area contributed by atoms with Gasteiger partial charge in [-0.05, 0) is 44.4 Å². The van der Waals surface area contributed by atoms with Crippen molar-refractivity contribution >= 4 is 16.6 Å². The maximum Gasteiger partial charge on any atom is 0.141 e. The Morgan fingerprint density at radius 1 is 0.921 bits per heavy atom. The van der Waals surface area contributed by atoms with Crippen molar-refractivity contribution in [3.05, 3.63) is 101 Å². The molecule has 0 bridgehead atoms. The molecule has 4 aromatic heterocycles. The first-order chi connectivity index (χ1) is 18.3. The molecule has 0 fully saturated rings. The zero-order valence-corrected chi connectivity index (χ0v) is 22.4. The molecule has 0 amide bonds. The lowest BCUT2D eigenvalue weighted by Crippen LogP contribution is -2.08. The van der Waals surface area contributed by atoms with E-state index < -0.39 is 6.10 Å². The minimum Gasteiger partial charge on any atom is -0.386 e. The Bertz CT molecular complexity index is 1770. The number of rotatable bonds is 6. The fraction of sp³-hybridized carbons (Fsp3) is 0.258. The van der Waals surface area contributed by atoms with Crippen LogP contribution in [-0.2, 0) is 6.54 Å². The molecule has 0 spiro atoms. The smallest absolute Gasteiger partial charge is 0.141 e. The Hall–Kier alpha value is -4.23. The summed E-state index contributed by atoms with van der Waals surface area (Å²) in [4.78, 5) is 4.64. The lowest BCUT2D eigenvalue weighted by molar-refractivity contribution is 0.152. The molecule has 0 unspecified atom stereocenters. The fourth-order valence-electron chi connectivity index (χ4n) is 5.51. The van der Waals surface area contributed by atoms with Crippen LogP contribution in [0.25, 0.3) is 33.5 Å². The van der Waals surface area contributed by atoms with Gasteiger partial charge in [-0.25, -0.2) is 9.67 Å². The molecular formula is C31H32N6O. The lowest BCUT2D eigenvalue weighted by Gasteiger charge is -2.11. The zero-order valence-electron chi connectivity index (χ0n) is 22.4. The summed E-state index contributed by atoms with van der Waals surface area (Å²) >= 11 is 0. The molecular weight excluding hydrogens is 472 g/mol. The van der Waals surface area contributed by atoms with E-state index in [-0.39, 0.29) is 5.92 Å². The SMILES string of the molecule is Cc1c(-n2nc(-c3cccc4nn(C[C@H](O)c5ccccc5)cc34)c(C(C)C)c2C)ccn2c(C)cnc12. The molecule has 0 aliphatic carbocycles. The third kappa shape index (κ3) is 3.90. The van der Waals surface area contributed by atoms with E-state index >= 15 is 0 Å². The number of aliphatic hydroxyl groups is 1. The standard InChI is InChI=1S/C31H32N6O/c1-19(2)29-22(5)37(27-14-15-36-20(3)16-32-31(36)21(27)4)34-30(29)24-12-9-13-26-25(24)17-35(33-26)18-28(38)23-10-7-6-8-11-23/h6-17,19,28,38H,18H2,1-5H3/t28-/m0/s1. The Kier molecular flexibility index (Phi) is 5.88. The topological polar surface area (TPSA) is 73.2 Å². The van der Waals surface area contributed by atoms with Gasteiger partial charge in [0.1, 0.15) is 5.65 Å². The minimum absolute atomic E-state index is 0.279. The van der Waals surface area contributed by atoms with Crippen molar-refractivity contribution in [1.82, 2.24) is 28.9 Å². The Morgan fingerprint density at radius 3 is 2.47 bits per heavy atom. The highest BCUT2D eigenvalue weighted by Gasteiger charge is 2.23. The van der Waals surface area contributed by atoms with Gasteiger partial charge in [-0.2, -0.15) is 10.2 Å². The fourth-order valence-corrected chi connectivity index (χ4v) is 5.51. The van der Waals surface area contributed by atoms with Gasteiger partial charge in [0, 0.05) is 52.1 Å². The molecule has 38 heavy (non-hydrogen) atoms. The van der Waals surface area contributed by atoms with Crippen LogP contribution in [0.5, 0.6) is 0 Å². The van der Waals surface area contributed by atoms with E-state index in [1.807, 2.05) is 59.5 Å². The summed E-state index contributed by atoms with van der Waals surface area (Å²) in [7, 11) is 0. The van der Waals surface area contributed by atoms with E-state index in [2.05, 4.69) is 67.0 Å². The Balaban J connectivity index is 1.47. The van der Waals surface area contributed by atoms with Crippen molar-refractivity contribution in [3.8, 4) is 16.9 Å². The van der Waals surface area contributed by atoms with Crippen molar-refractivity contribution in [2.75, 3.05) is 0 Å². The molecule has 0 radical (unpaired) electrons. The summed E-state index contributed by atoms with van der Waals surface area (Å²) in [6, 6.07) is 18.0. The summed E-state index contributed by atoms with van der Waals surface area (Å²) < 4.78 is 6.01. The van der Waals surface area contributed by atoms with Crippen LogP contribution < -0.4 is 0 Å². The largest absolute Gasteiger partial charge is 0.386 e. The van der Waals surface area contributed by atoms with Crippen LogP contribution in [0.1, 0.15) is 53.9 Å². The summed E-state index contributed by atoms with van der Waals surface area (Å²) in [5, 5.41) is 21.8. The highest BCUT2D eigenvalue weighted by molar-refractivity contribution is 5.94. The van der Waals surface area contributed by atoms with Gasteiger partial charge in [-0.1, -0.05) is 56.3 Å². The van der Waals surface area contributed by atoms with Crippen molar-refractivity contribution in [2.24, 2.45) is 0 Å². The Labute approximate surface area is 222 Å². The van der Waals surface area contributed by atoms with E-state index in [1.54, 1.807) is 0 Å². The second-order valence-electron chi connectivity index (χ2n) is 10.3. The predicted octanol–water partition coefficient (Wildman–Crippen LogP) is 6.32. The van der Waals surface area contributed by atoms with E-state index in [9.17, 15) is 5.11 Å². The summed E-state index contributed by atoms with van der Waals surface area (Å²) in [6.45, 7) is 11.1. The highest BCUT2D eigenvalue weighted by Crippen LogP contribution is 2.37. The average Bonchev–Trinajstić information content (AvgIpc) is 3.59. The number of hydrogen-bond acceptors (Lipinski definition) is 4. The number of hydrogen-bond donors (Lipinski definition) is 1. The molecule has 0 saturated heterocycles. The molecule has 0 aliphatic heterocycles. The van der Waals surface area contributed by atoms with Gasteiger partial charge < -0.3 is 9.51 Å². The van der Waals surface area contributed by atoms with E-state index in [4.69, 9.17) is 10.2 Å². The van der Waals surface area contributed by atoms with Gasteiger partial charge in [0.05, 0.1) is 29.5 Å². The molecule has 7 heteroatoms. The number of aliphatic hydroxyl groups excluding tert-OH is 1. The monoisotopic (exact) mass is 504 g/mol. The number of benzene rings is 2. The molecule has 7 nitrogen and oxygen atoms in total. The summed E-state index contributed by atoms with van der Waals surface area (Å²) in [5.74, 6) is 0.279. The Morgan fingerprint density at radius 2 is 1.71 bits per heavy atom. The molecule has 2 aromatic carbocycles. The molecule has 1 atom stereocenters. The lowest BCUT2D eigenvalue weighted by atomic mass is 9.95. The number of aromatic nitrogens is 6. The normalized spacial score (nSPS) is 12.7. The third-order valence-electron chi connectivity index (χ3n) is 7.45. The van der Waals surface area contributed by atoms with Gasteiger partial charge in [0.25, 0.3) is 0 Å². The first kappa shape index (κ1) is 24.1. The highest BCUT2D eigenvalue weighted by atomic mass is 16.3. The van der Waals surface area contributed by atoms with E-state index in [1.165, 1.54) is 5.56 Å². The summed E-state index contributed by atoms with van der Waals surface area (Å²) in [6.07, 6.45) is 5.37. The molecule has 0 aliphatic rings. The van der Waals surface area contributed by atoms with Gasteiger partial charge in [-0.3, -0.25) is 4.68 Å². The molecule has 1 N–H and O–H groups in total. The first-order valence-electron chi connectivity index (χ1n) is 13.1. The van der Waals surface area contributed by atoms with Gasteiger partial charge in [-0.15, -0.1) is 0 Å². The van der Waals surface area contributed by atoms with E-state index in [0.717, 1.165) is 56.0 Å². The first-order valence-corrected chi connectivity index (χ1v) is 13.1. The number of imidazole rings is 1. The predicted molar refractivity (Wildman–Crippen MR) is 151 cm³/mol. The van der Waals surface area contributed by atoms with Crippen LogP contribution in [0.15, 0.2) is 73.2 Å². The van der Waals surface area contributed by atoms with Crippen molar-refractivity contribution in [3.63, 3.8) is 0 Å². The third-order valence-corrected chi connectivity index (χ3v) is 7.45. The van der Waals surface area contributed by atoms with Crippen LogP contribution in [-0.4, -0.2) is 34.1 Å². The van der Waals surface area contributed by atoms with Crippen LogP contribution in [0, 0.1) is 20.8 Å². The summed E-state index contributed by atoms with van der Waals surface area (Å²) in [5.41, 5.74) is 10.3. The van der Waals surface area contributed by atoms with Crippen LogP contribution in [0.4, 0.5) is 0 Å². The number of nitrogens with zero attached hydrogens (tertiary/aromatic N) is 6. The minimum atomic E-state index is -0.633. The van der Waals surface area contributed by atoms with Crippen molar-refractivity contribution in [1.29, 1.82) is 0 Å². The second-order valence-corrected chi connectivity index (χ2v) is 10.3. The number of aryl methyl sites for hydroxylation is 2. The maximum absolute atomic E-state index is 10.8. The van der Waals surface area contributed by atoms with Gasteiger partial charge in [0.2, 0.25) is 0 Å². The average molecular weight is 505 g/mol. The molecule has 0 saturated carbocycles. The van der Waals surface area contributed by atoms with Crippen molar-refractivity contribution in [2.45, 2.75) is 53.2 Å². The van der Waals surface area contributed by atoms with E-state index in [0.29, 0.717) is 6.54 Å². The molecule has 6 rings (SSSR count). The maximum atomic E-state index is 10.8.